The Bertz CT molecular complexity index is 3490. The summed E-state index contributed by atoms with van der Waals surface area (Å²) in [6.45, 7) is 6.00. The summed E-state index contributed by atoms with van der Waals surface area (Å²) in [5.41, 5.74) is 7.77. The number of benzene rings is 5. The molecule has 1 fully saturated rings. The summed E-state index contributed by atoms with van der Waals surface area (Å²) in [4.78, 5) is 9.89. The molecule has 1 saturated carbocycles. The highest BCUT2D eigenvalue weighted by Crippen LogP contribution is 2.44. The third-order valence-electron chi connectivity index (χ3n) is 12.6. The van der Waals surface area contributed by atoms with Crippen LogP contribution in [0, 0.1) is 43.4 Å². The molecule has 0 bridgehead atoms. The highest BCUT2D eigenvalue weighted by molar-refractivity contribution is 6.49. The first-order valence-corrected chi connectivity index (χ1v) is 21.4. The average molecular weight is 838 g/mol. The molecule has 4 aromatic heterocycles. The van der Waals surface area contributed by atoms with E-state index >= 15 is 0 Å². The van der Waals surface area contributed by atoms with E-state index in [0.29, 0.717) is 72.4 Å². The maximum Gasteiger partial charge on any atom is 0.743 e. The second kappa shape index (κ2) is 14.5. The van der Waals surface area contributed by atoms with E-state index in [-0.39, 0.29) is 28.8 Å². The van der Waals surface area contributed by atoms with Gasteiger partial charge in [-0.25, -0.2) is 9.97 Å². The Morgan fingerprint density at radius 2 is 1.06 bits per heavy atom. The highest BCUT2D eigenvalue weighted by Gasteiger charge is 2.46. The molecule has 9 aromatic rings. The lowest BCUT2D eigenvalue weighted by Gasteiger charge is -2.19. The van der Waals surface area contributed by atoms with Gasteiger partial charge in [-0.1, -0.05) is 73.5 Å². The van der Waals surface area contributed by atoms with Crippen molar-refractivity contribution in [1.82, 2.24) is 18.9 Å². The first-order valence-electron chi connectivity index (χ1n) is 21.4. The normalized spacial score (nSPS) is 15.4. The molecule has 3 aliphatic rings. The van der Waals surface area contributed by atoms with Crippen LogP contribution in [0.25, 0.3) is 55.4 Å². The molecule has 64 heavy (non-hydrogen) atoms. The van der Waals surface area contributed by atoms with E-state index in [4.69, 9.17) is 37.4 Å². The van der Waals surface area contributed by atoms with Crippen molar-refractivity contribution in [1.29, 1.82) is 10.5 Å². The van der Waals surface area contributed by atoms with Crippen LogP contribution in [0.3, 0.4) is 0 Å². The minimum atomic E-state index is -1.11. The van der Waals surface area contributed by atoms with Crippen molar-refractivity contribution < 1.29 is 27.5 Å². The Morgan fingerprint density at radius 1 is 0.594 bits per heavy atom. The van der Waals surface area contributed by atoms with Gasteiger partial charge >= 0.3 is 14.5 Å². The molecule has 0 saturated heterocycles. The molecule has 12 nitrogen and oxygen atoms in total. The van der Waals surface area contributed by atoms with Gasteiger partial charge in [-0.15, -0.1) is 0 Å². The minimum absolute atomic E-state index is 0.0634. The van der Waals surface area contributed by atoms with Crippen molar-refractivity contribution in [3.05, 3.63) is 154 Å². The second-order valence-corrected chi connectivity index (χ2v) is 16.7. The van der Waals surface area contributed by atoms with Crippen LogP contribution in [0.1, 0.15) is 65.8 Å². The van der Waals surface area contributed by atoms with Gasteiger partial charge < -0.3 is 36.4 Å². The molecule has 6 heterocycles. The number of nitrogens with zero attached hydrogens (tertiary/aromatic N) is 6. The summed E-state index contributed by atoms with van der Waals surface area (Å²) in [7, 11) is -2.17. The van der Waals surface area contributed by atoms with Crippen molar-refractivity contribution in [2.24, 2.45) is 0 Å². The number of para-hydroxylation sites is 4. The monoisotopic (exact) mass is 838 g/mol. The topological polar surface area (TPSA) is 146 Å². The Hall–Kier alpha value is -8.09. The van der Waals surface area contributed by atoms with Crippen molar-refractivity contribution in [2.75, 3.05) is 0 Å². The van der Waals surface area contributed by atoms with E-state index in [0.717, 1.165) is 53.6 Å². The fourth-order valence-corrected chi connectivity index (χ4v) is 9.72. The van der Waals surface area contributed by atoms with Gasteiger partial charge in [-0.2, -0.15) is 10.5 Å². The third kappa shape index (κ3) is 5.76. The largest absolute Gasteiger partial charge is 0.743 e. The van der Waals surface area contributed by atoms with Gasteiger partial charge in [0.2, 0.25) is 11.8 Å². The van der Waals surface area contributed by atoms with Gasteiger partial charge in [0.15, 0.2) is 11.2 Å². The first kappa shape index (κ1) is 37.7. The minimum Gasteiger partial charge on any atom is -0.503 e. The second-order valence-electron chi connectivity index (χ2n) is 16.7. The van der Waals surface area contributed by atoms with E-state index in [1.807, 2.05) is 139 Å². The van der Waals surface area contributed by atoms with Gasteiger partial charge in [0.25, 0.3) is 0 Å². The van der Waals surface area contributed by atoms with Crippen LogP contribution in [-0.2, 0) is 0 Å². The van der Waals surface area contributed by atoms with Gasteiger partial charge in [-0.3, -0.25) is 0 Å². The molecule has 0 atom stereocenters. The van der Waals surface area contributed by atoms with E-state index in [9.17, 15) is 10.5 Å². The van der Waals surface area contributed by atoms with Crippen LogP contribution in [0.15, 0.2) is 118 Å². The van der Waals surface area contributed by atoms with Gasteiger partial charge in [0.1, 0.15) is 57.3 Å². The van der Waals surface area contributed by atoms with Crippen molar-refractivity contribution >= 4 is 58.6 Å². The first-order chi connectivity index (χ1) is 31.4. The maximum atomic E-state index is 11.6. The molecule has 0 spiro atoms. The summed E-state index contributed by atoms with van der Waals surface area (Å²) in [5, 5.41) is 25.5. The number of oxazole rings is 2. The van der Waals surface area contributed by atoms with E-state index in [2.05, 4.69) is 12.1 Å². The average Bonchev–Trinajstić information content (AvgIpc) is 4.17. The quantitative estimate of drug-likeness (QED) is 0.149. The van der Waals surface area contributed by atoms with Crippen LogP contribution < -0.4 is 29.3 Å². The smallest absolute Gasteiger partial charge is 0.503 e. The van der Waals surface area contributed by atoms with Crippen molar-refractivity contribution in [3.8, 4) is 46.4 Å². The predicted octanol–water partition coefficient (Wildman–Crippen LogP) is 9.03. The molecule has 14 heteroatoms. The number of hydrogen-bond donors (Lipinski definition) is 0. The maximum absolute atomic E-state index is 11.6. The molecule has 0 radical (unpaired) electrons. The Morgan fingerprint density at radius 3 is 1.56 bits per heavy atom. The third-order valence-corrected chi connectivity index (χ3v) is 12.6. The van der Waals surface area contributed by atoms with Crippen LogP contribution in [0.2, 0.25) is 0 Å². The Balaban J connectivity index is 1.34. The van der Waals surface area contributed by atoms with Crippen molar-refractivity contribution in [3.63, 3.8) is 0 Å². The number of fused-ring (bicyclic) bond motifs is 5. The van der Waals surface area contributed by atoms with E-state index in [1.165, 1.54) is 0 Å². The van der Waals surface area contributed by atoms with Crippen LogP contribution in [0.5, 0.6) is 23.0 Å². The summed E-state index contributed by atoms with van der Waals surface area (Å²) in [6.07, 6.45) is 3.61. The molecule has 0 unspecified atom stereocenters. The predicted molar refractivity (Wildman–Crippen MR) is 242 cm³/mol. The van der Waals surface area contributed by atoms with E-state index < -0.39 is 14.5 Å². The molecule has 308 valence electrons. The molecule has 5 aromatic carbocycles. The lowest BCUT2D eigenvalue weighted by molar-refractivity contribution is 0.471. The summed E-state index contributed by atoms with van der Waals surface area (Å²) in [5.74, 6) is 2.40. The zero-order valence-electron chi connectivity index (χ0n) is 35.1. The number of aryl methyl sites for hydroxylation is 3. The summed E-state index contributed by atoms with van der Waals surface area (Å²) in [6, 6.07) is 39.7. The zero-order chi connectivity index (χ0) is 43.2. The van der Waals surface area contributed by atoms with E-state index in [1.54, 1.807) is 0 Å². The molecule has 12 rings (SSSR count). The molecular formula is C50H36B2N6O6. The Labute approximate surface area is 367 Å². The molecule has 1 aliphatic carbocycles. The van der Waals surface area contributed by atoms with Crippen LogP contribution in [-0.4, -0.2) is 33.4 Å². The molecular weight excluding hydrogens is 802 g/mol. The van der Waals surface area contributed by atoms with Crippen molar-refractivity contribution in [2.45, 2.75) is 52.4 Å². The number of rotatable bonds is 6. The molecule has 0 amide bonds. The molecule has 2 aliphatic heterocycles. The lowest BCUT2D eigenvalue weighted by Crippen LogP contribution is -2.45. The lowest BCUT2D eigenvalue weighted by atomic mass is 9.96. The zero-order valence-corrected chi connectivity index (χ0v) is 35.1. The Kier molecular flexibility index (Phi) is 8.53. The highest BCUT2D eigenvalue weighted by atomic mass is 16.6. The standard InChI is InChI=1S/C50H36B2N6O6/c1-28-20-22-35-41(24-28)59-49(55-35)33(26-53)47-43-44(46(32-15-7-4-12-30(32)3)58(47)52-63-39-18-10-11-19-40(39)64-52)48(34(27-54)50-56-36-23-21-29(2)25-42(36)60-50)57(45(43)31-13-5-6-14-31)51-61-37-16-8-9-17-38(37)62-51/h4,7-12,15-25,31H,5-6,13-14H2,1-3H3/b47-33-,48-34-. The molecule has 0 N–H and O–H groups in total. The number of nitriles is 2. The fraction of sp³-hybridized carbons (Fsp3) is 0.160. The summed E-state index contributed by atoms with van der Waals surface area (Å²) >= 11 is 0. The van der Waals surface area contributed by atoms with Gasteiger partial charge in [0.05, 0.1) is 16.4 Å². The SMILES string of the molecule is Cc1ccc2nc(/C(C#N)=c3/c4c(C5CCCC5)n(B5Oc6ccccc6O5)/c(=C(/C#N)c5nc6ccc(C)cc6o5)c4c(-c4ccccc4C)n3B3Oc4ccccc4O3)oc2c1. The number of aromatic nitrogens is 4. The number of hydrogen-bond acceptors (Lipinski definition) is 10. The van der Waals surface area contributed by atoms with Gasteiger partial charge in [0, 0.05) is 22.0 Å². The van der Waals surface area contributed by atoms with Crippen LogP contribution in [0.4, 0.5) is 0 Å². The van der Waals surface area contributed by atoms with Gasteiger partial charge in [-0.05, 0) is 105 Å². The van der Waals surface area contributed by atoms with Crippen LogP contribution >= 0.6 is 0 Å². The fourth-order valence-electron chi connectivity index (χ4n) is 9.72. The summed E-state index contributed by atoms with van der Waals surface area (Å²) < 4.78 is 44.0.